The van der Waals surface area contributed by atoms with Crippen LogP contribution >= 0.6 is 0 Å². The van der Waals surface area contributed by atoms with E-state index in [0.717, 1.165) is 0 Å². The number of rotatable bonds is 0. The molecule has 5 nitrogen and oxygen atoms in total. The van der Waals surface area contributed by atoms with E-state index in [0.29, 0.717) is 0 Å². The second-order valence-corrected chi connectivity index (χ2v) is 1.34. The zero-order chi connectivity index (χ0) is 6.50. The van der Waals surface area contributed by atoms with Crippen molar-refractivity contribution in [2.24, 2.45) is 0 Å². The molecule has 0 radical (unpaired) electrons. The Bertz CT molecular complexity index is 102. The third kappa shape index (κ3) is 1080. The minimum absolute atomic E-state index is 1.50. The van der Waals surface area contributed by atoms with Gasteiger partial charge < -0.3 is 0 Å². The molecule has 0 unspecified atom stereocenters. The van der Waals surface area contributed by atoms with Crippen LogP contribution in [0.15, 0.2) is 0 Å². The van der Waals surface area contributed by atoms with Crippen LogP contribution in [0.3, 0.4) is 0 Å². The van der Waals surface area contributed by atoms with Crippen molar-refractivity contribution in [3.05, 3.63) is 0 Å². The maximum atomic E-state index is 8.74. The summed E-state index contributed by atoms with van der Waals surface area (Å²) in [6.45, 7) is 0. The van der Waals surface area contributed by atoms with Gasteiger partial charge in [0.05, 0.1) is 0 Å². The Morgan fingerprint density at radius 2 is 1.14 bits per heavy atom. The molecule has 0 bridgehead atoms. The van der Waals surface area contributed by atoms with Crippen LogP contribution in [-0.4, -0.2) is 17.5 Å². The summed E-state index contributed by atoms with van der Waals surface area (Å²) in [6.07, 6.45) is 0. The van der Waals surface area contributed by atoms with Crippen LogP contribution in [0.25, 0.3) is 0 Å². The molecule has 0 spiro atoms. The quantitative estimate of drug-likeness (QED) is 0.413. The minimum atomic E-state index is -4.67. The van der Waals surface area contributed by atoms with Gasteiger partial charge in [0.1, 0.15) is 0 Å². The Morgan fingerprint density at radius 3 is 1.14 bits per heavy atom. The van der Waals surface area contributed by atoms with E-state index in [1.165, 1.54) is 19.2 Å². The fraction of sp³-hybridized carbons (Fsp3) is 0. The molecule has 7 heavy (non-hydrogen) atoms. The van der Waals surface area contributed by atoms with E-state index in [4.69, 9.17) is 21.0 Å². The molecule has 0 saturated carbocycles. The van der Waals surface area contributed by atoms with Crippen LogP contribution in [0.5, 0.6) is 0 Å². The Labute approximate surface area is 51.0 Å². The summed E-state index contributed by atoms with van der Waals surface area (Å²) in [4.78, 5) is 0. The summed E-state index contributed by atoms with van der Waals surface area (Å²) < 4.78 is 39.7. The standard InChI is InChI=1S/H2O4S.O.Pd/c1-5(2,3)4;;/h(H2,1,2,3,4);;. The molecule has 0 aromatic heterocycles. The fourth-order valence-electron chi connectivity index (χ4n) is 0. The van der Waals surface area contributed by atoms with Crippen molar-refractivity contribution >= 4 is 10.4 Å². The normalized spacial score (nSPS) is 9.14. The second-order valence-electron chi connectivity index (χ2n) is 0.448. The molecule has 0 aromatic rings. The summed E-state index contributed by atoms with van der Waals surface area (Å²) in [7, 11) is -4.67. The van der Waals surface area contributed by atoms with Crippen LogP contribution in [0.4, 0.5) is 0 Å². The van der Waals surface area contributed by atoms with Crippen molar-refractivity contribution in [3.8, 4) is 0 Å². The molecule has 2 N–H and O–H groups in total. The van der Waals surface area contributed by atoms with Crippen molar-refractivity contribution in [1.82, 2.24) is 0 Å². The van der Waals surface area contributed by atoms with Gasteiger partial charge in [0.25, 0.3) is 0 Å². The second kappa shape index (κ2) is 4.49. The van der Waals surface area contributed by atoms with E-state index in [1.807, 2.05) is 0 Å². The van der Waals surface area contributed by atoms with Crippen LogP contribution in [0.1, 0.15) is 0 Å². The van der Waals surface area contributed by atoms with E-state index < -0.39 is 10.4 Å². The predicted molar refractivity (Wildman–Crippen MR) is 14.9 cm³/mol. The zero-order valence-electron chi connectivity index (χ0n) is 2.84. The summed E-state index contributed by atoms with van der Waals surface area (Å²) in [5, 5.41) is 0. The van der Waals surface area contributed by atoms with Gasteiger partial charge in [0.15, 0.2) is 0 Å². The summed E-state index contributed by atoms with van der Waals surface area (Å²) in [5.74, 6) is 0. The van der Waals surface area contributed by atoms with Crippen molar-refractivity contribution in [1.29, 1.82) is 0 Å². The third-order valence-corrected chi connectivity index (χ3v) is 0. The van der Waals surface area contributed by atoms with Gasteiger partial charge in [0.2, 0.25) is 0 Å². The Morgan fingerprint density at radius 1 is 1.14 bits per heavy atom. The first-order chi connectivity index (χ1) is 3.00. The molecule has 0 amide bonds. The van der Waals surface area contributed by atoms with Gasteiger partial charge in [-0.15, -0.1) is 0 Å². The molecule has 0 rings (SSSR count). The Hall–Kier alpha value is 0.332. The molecule has 0 aliphatic heterocycles. The Kier molecular flexibility index (Phi) is 6.63. The molecule has 0 aliphatic rings. The predicted octanol–water partition coefficient (Wildman–Crippen LogP) is -0.774. The van der Waals surface area contributed by atoms with Gasteiger partial charge in [-0.25, -0.2) is 0 Å². The number of hydrogen-bond acceptors (Lipinski definition) is 3. The molecule has 0 heterocycles. The fourth-order valence-corrected chi connectivity index (χ4v) is 0. The van der Waals surface area contributed by atoms with Crippen molar-refractivity contribution < 1.29 is 40.2 Å². The molecular weight excluding hydrogens is 218 g/mol. The van der Waals surface area contributed by atoms with Gasteiger partial charge in [-0.1, -0.05) is 0 Å². The van der Waals surface area contributed by atoms with Gasteiger partial charge >= 0.3 is 33.0 Å². The topological polar surface area (TPSA) is 91.7 Å². The zero-order valence-corrected chi connectivity index (χ0v) is 5.21. The molecule has 0 aromatic carbocycles. The molecule has 0 aliphatic carbocycles. The van der Waals surface area contributed by atoms with Crippen molar-refractivity contribution in [2.45, 2.75) is 0 Å². The van der Waals surface area contributed by atoms with E-state index in [1.54, 1.807) is 0 Å². The molecular formula is H2O5PdS. The molecule has 48 valence electrons. The van der Waals surface area contributed by atoms with Crippen LogP contribution in [0, 0.1) is 0 Å². The number of hydrogen-bond donors (Lipinski definition) is 2. The van der Waals surface area contributed by atoms with E-state index in [9.17, 15) is 0 Å². The third-order valence-electron chi connectivity index (χ3n) is 0. The first-order valence-electron chi connectivity index (χ1n) is 0.828. The summed E-state index contributed by atoms with van der Waals surface area (Å²) >= 11 is 1.50. The maximum absolute atomic E-state index is 8.74. The summed E-state index contributed by atoms with van der Waals surface area (Å²) in [5.41, 5.74) is 0. The van der Waals surface area contributed by atoms with Crippen LogP contribution < -0.4 is 0 Å². The monoisotopic (exact) mass is 220 g/mol. The molecule has 7 heteroatoms. The van der Waals surface area contributed by atoms with Gasteiger partial charge in [-0.05, 0) is 0 Å². The van der Waals surface area contributed by atoms with Crippen molar-refractivity contribution in [3.63, 3.8) is 0 Å². The van der Waals surface area contributed by atoms with E-state index in [2.05, 4.69) is 0 Å². The average molecular weight is 220 g/mol. The van der Waals surface area contributed by atoms with Crippen LogP contribution in [0.2, 0.25) is 0 Å². The van der Waals surface area contributed by atoms with Crippen LogP contribution in [-0.2, 0) is 33.0 Å². The van der Waals surface area contributed by atoms with Gasteiger partial charge in [-0.2, -0.15) is 8.42 Å². The average Bonchev–Trinajstić information content (AvgIpc) is 1.36. The summed E-state index contributed by atoms with van der Waals surface area (Å²) in [6, 6.07) is 0. The molecule has 0 saturated heterocycles. The van der Waals surface area contributed by atoms with E-state index >= 15 is 0 Å². The first-order valence-corrected chi connectivity index (χ1v) is 2.86. The first kappa shape index (κ1) is 10.3. The van der Waals surface area contributed by atoms with Crippen molar-refractivity contribution in [2.75, 3.05) is 0 Å². The Balaban J connectivity index is 0. The molecule has 0 fully saturated rings. The van der Waals surface area contributed by atoms with Gasteiger partial charge in [0, 0.05) is 0 Å². The SMILES string of the molecule is O=S(=O)(O)O.[O]=[Pd]. The van der Waals surface area contributed by atoms with Gasteiger partial charge in [-0.3, -0.25) is 9.11 Å². The van der Waals surface area contributed by atoms with E-state index in [-0.39, 0.29) is 0 Å². The molecule has 0 atom stereocenters.